The fourth-order valence-electron chi connectivity index (χ4n) is 3.16. The van der Waals surface area contributed by atoms with Gasteiger partial charge in [0.05, 0.1) is 13.1 Å². The summed E-state index contributed by atoms with van der Waals surface area (Å²) in [5, 5.41) is 0. The predicted octanol–water partition coefficient (Wildman–Crippen LogP) is 4.67. The van der Waals surface area contributed by atoms with Gasteiger partial charge in [0.1, 0.15) is 11.7 Å². The van der Waals surface area contributed by atoms with Crippen LogP contribution < -0.4 is 4.74 Å². The minimum Gasteiger partial charge on any atom is -0.470 e. The van der Waals surface area contributed by atoms with Crippen LogP contribution in [0.4, 0.5) is 13.2 Å². The number of carbonyl (C=O) groups excluding carboxylic acids is 1. The zero-order valence-electron chi connectivity index (χ0n) is 15.3. The number of rotatable bonds is 4. The molecule has 4 nitrogen and oxygen atoms in total. The molecule has 0 aliphatic carbocycles. The maximum atomic E-state index is 13.0. The third kappa shape index (κ3) is 4.08. The Balaban J connectivity index is 1.38. The van der Waals surface area contributed by atoms with Gasteiger partial charge in [-0.25, -0.2) is 4.98 Å². The minimum absolute atomic E-state index is 0.179. The third-order valence-corrected chi connectivity index (χ3v) is 4.73. The lowest BCUT2D eigenvalue weighted by Gasteiger charge is -2.39. The number of aromatic nitrogens is 1. The smallest absolute Gasteiger partial charge is 0.421 e. The normalized spacial score (nSPS) is 14.4. The van der Waals surface area contributed by atoms with Crippen LogP contribution in [0.5, 0.6) is 5.88 Å². The summed E-state index contributed by atoms with van der Waals surface area (Å²) in [5.41, 5.74) is 1.67. The van der Waals surface area contributed by atoms with Crippen molar-refractivity contribution in [1.82, 2.24) is 9.88 Å². The maximum absolute atomic E-state index is 13.0. The Morgan fingerprint density at radius 1 is 0.931 bits per heavy atom. The van der Waals surface area contributed by atoms with Gasteiger partial charge < -0.3 is 9.64 Å². The summed E-state index contributed by atoms with van der Waals surface area (Å²) >= 11 is 0. The molecule has 1 saturated heterocycles. The van der Waals surface area contributed by atoms with Gasteiger partial charge in [0.15, 0.2) is 0 Å². The van der Waals surface area contributed by atoms with E-state index >= 15 is 0 Å². The lowest BCUT2D eigenvalue weighted by Crippen LogP contribution is -2.56. The highest BCUT2D eigenvalue weighted by Gasteiger charge is 2.38. The molecule has 29 heavy (non-hydrogen) atoms. The quantitative estimate of drug-likeness (QED) is 0.641. The lowest BCUT2D eigenvalue weighted by molar-refractivity contribution is -0.140. The Morgan fingerprint density at radius 3 is 2.24 bits per heavy atom. The van der Waals surface area contributed by atoms with Crippen molar-refractivity contribution >= 4 is 5.91 Å². The second-order valence-electron chi connectivity index (χ2n) is 6.75. The molecule has 1 aliphatic heterocycles. The first kappa shape index (κ1) is 19.0. The second kappa shape index (κ2) is 7.58. The second-order valence-corrected chi connectivity index (χ2v) is 6.75. The van der Waals surface area contributed by atoms with Gasteiger partial charge in [0.2, 0.25) is 5.88 Å². The van der Waals surface area contributed by atoms with Gasteiger partial charge in [-0.2, -0.15) is 13.2 Å². The molecule has 0 saturated carbocycles. The topological polar surface area (TPSA) is 42.4 Å². The molecule has 0 unspecified atom stereocenters. The molecule has 4 rings (SSSR count). The number of likely N-dealkylation sites (tertiary alicyclic amines) is 1. The number of ether oxygens (including phenoxy) is 1. The standard InChI is InChI=1S/C22H17F3N2O2/c23-22(24,25)19-7-4-12-26-20(19)29-18-13-27(14-18)21(28)17-10-8-16(9-11-17)15-5-2-1-3-6-15/h1-12,18H,13-14H2. The molecule has 148 valence electrons. The SMILES string of the molecule is O=C(c1ccc(-c2ccccc2)cc1)N1CC(Oc2ncccc2C(F)(F)F)C1. The van der Waals surface area contributed by atoms with Crippen LogP contribution in [0.1, 0.15) is 15.9 Å². The van der Waals surface area contributed by atoms with Gasteiger partial charge in [0.25, 0.3) is 5.91 Å². The molecule has 0 atom stereocenters. The van der Waals surface area contributed by atoms with Crippen LogP contribution in [0.25, 0.3) is 11.1 Å². The summed E-state index contributed by atoms with van der Waals surface area (Å²) < 4.78 is 44.4. The number of pyridine rings is 1. The zero-order valence-corrected chi connectivity index (χ0v) is 15.3. The molecule has 2 aromatic carbocycles. The van der Waals surface area contributed by atoms with E-state index in [9.17, 15) is 18.0 Å². The van der Waals surface area contributed by atoms with Gasteiger partial charge >= 0.3 is 6.18 Å². The molecule has 0 spiro atoms. The molecule has 0 N–H and O–H groups in total. The number of halogens is 3. The van der Waals surface area contributed by atoms with Gasteiger partial charge in [-0.15, -0.1) is 0 Å². The predicted molar refractivity (Wildman–Crippen MR) is 101 cm³/mol. The first-order valence-electron chi connectivity index (χ1n) is 9.05. The summed E-state index contributed by atoms with van der Waals surface area (Å²) in [4.78, 5) is 17.8. The van der Waals surface area contributed by atoms with Crippen LogP contribution in [0.15, 0.2) is 72.9 Å². The average Bonchev–Trinajstić information content (AvgIpc) is 2.70. The van der Waals surface area contributed by atoms with E-state index in [1.165, 1.54) is 12.3 Å². The fraction of sp³-hybridized carbons (Fsp3) is 0.182. The number of hydrogen-bond acceptors (Lipinski definition) is 3. The van der Waals surface area contributed by atoms with E-state index in [1.54, 1.807) is 17.0 Å². The first-order chi connectivity index (χ1) is 13.9. The van der Waals surface area contributed by atoms with E-state index < -0.39 is 23.7 Å². The summed E-state index contributed by atoms with van der Waals surface area (Å²) in [6.45, 7) is 0.431. The summed E-state index contributed by atoms with van der Waals surface area (Å²) in [6, 6.07) is 19.2. The zero-order chi connectivity index (χ0) is 20.4. The Morgan fingerprint density at radius 2 is 1.59 bits per heavy atom. The van der Waals surface area contributed by atoms with Crippen molar-refractivity contribution in [3.05, 3.63) is 84.1 Å². The molecular formula is C22H17F3N2O2. The van der Waals surface area contributed by atoms with E-state index in [2.05, 4.69) is 4.98 Å². The number of hydrogen-bond donors (Lipinski definition) is 0. The van der Waals surface area contributed by atoms with E-state index in [1.807, 2.05) is 42.5 Å². The number of amides is 1. The fourth-order valence-corrected chi connectivity index (χ4v) is 3.16. The van der Waals surface area contributed by atoms with Crippen LogP contribution in [-0.4, -0.2) is 35.0 Å². The highest BCUT2D eigenvalue weighted by atomic mass is 19.4. The van der Waals surface area contributed by atoms with Gasteiger partial charge in [-0.1, -0.05) is 42.5 Å². The lowest BCUT2D eigenvalue weighted by atomic mass is 10.0. The Bertz CT molecular complexity index is 999. The monoisotopic (exact) mass is 398 g/mol. The summed E-state index contributed by atoms with van der Waals surface area (Å²) in [5.74, 6) is -0.633. The van der Waals surface area contributed by atoms with Crippen LogP contribution in [0.3, 0.4) is 0 Å². The van der Waals surface area contributed by atoms with Crippen LogP contribution in [0, 0.1) is 0 Å². The van der Waals surface area contributed by atoms with Crippen molar-refractivity contribution in [2.24, 2.45) is 0 Å². The summed E-state index contributed by atoms with van der Waals surface area (Å²) in [6.07, 6.45) is -3.80. The molecule has 7 heteroatoms. The molecule has 3 aromatic rings. The highest BCUT2D eigenvalue weighted by molar-refractivity contribution is 5.95. The minimum atomic E-state index is -4.54. The molecular weight excluding hydrogens is 381 g/mol. The first-order valence-corrected chi connectivity index (χ1v) is 9.05. The molecule has 1 aliphatic rings. The van der Waals surface area contributed by atoms with Gasteiger partial charge in [-0.3, -0.25) is 4.79 Å². The molecule has 0 bridgehead atoms. The van der Waals surface area contributed by atoms with Crippen molar-refractivity contribution in [3.63, 3.8) is 0 Å². The summed E-state index contributed by atoms with van der Waals surface area (Å²) in [7, 11) is 0. The Hall–Kier alpha value is -3.35. The van der Waals surface area contributed by atoms with Crippen molar-refractivity contribution in [1.29, 1.82) is 0 Å². The van der Waals surface area contributed by atoms with Crippen LogP contribution in [0.2, 0.25) is 0 Å². The highest BCUT2D eigenvalue weighted by Crippen LogP contribution is 2.35. The van der Waals surface area contributed by atoms with Gasteiger partial charge in [-0.05, 0) is 35.4 Å². The Kier molecular flexibility index (Phi) is 4.96. The van der Waals surface area contributed by atoms with Crippen molar-refractivity contribution in [2.75, 3.05) is 13.1 Å². The molecule has 1 fully saturated rings. The number of nitrogens with zero attached hydrogens (tertiary/aromatic N) is 2. The van der Waals surface area contributed by atoms with Crippen molar-refractivity contribution < 1.29 is 22.7 Å². The van der Waals surface area contributed by atoms with Gasteiger partial charge in [0, 0.05) is 11.8 Å². The van der Waals surface area contributed by atoms with Crippen LogP contribution >= 0.6 is 0 Å². The van der Waals surface area contributed by atoms with Crippen LogP contribution in [-0.2, 0) is 6.18 Å². The maximum Gasteiger partial charge on any atom is 0.421 e. The van der Waals surface area contributed by atoms with Crippen molar-refractivity contribution in [3.8, 4) is 17.0 Å². The molecule has 1 aromatic heterocycles. The Labute approximate surface area is 165 Å². The van der Waals surface area contributed by atoms with E-state index in [0.717, 1.165) is 17.2 Å². The van der Waals surface area contributed by atoms with E-state index in [-0.39, 0.29) is 19.0 Å². The third-order valence-electron chi connectivity index (χ3n) is 4.73. The van der Waals surface area contributed by atoms with E-state index in [4.69, 9.17) is 4.74 Å². The number of carbonyl (C=O) groups is 1. The largest absolute Gasteiger partial charge is 0.470 e. The van der Waals surface area contributed by atoms with Crippen molar-refractivity contribution in [2.45, 2.75) is 12.3 Å². The van der Waals surface area contributed by atoms with E-state index in [0.29, 0.717) is 5.56 Å². The average molecular weight is 398 g/mol. The number of alkyl halides is 3. The molecule has 1 amide bonds. The molecule has 0 radical (unpaired) electrons. The number of benzene rings is 2. The molecule has 2 heterocycles.